The average molecular weight is 2010 g/mol. The van der Waals surface area contributed by atoms with Gasteiger partial charge in [0.05, 0.1) is 71.7 Å². The maximum atomic E-state index is 13.7. The molecule has 0 aliphatic carbocycles. The van der Waals surface area contributed by atoms with Gasteiger partial charge in [-0.1, -0.05) is 0 Å². The van der Waals surface area contributed by atoms with Crippen molar-refractivity contribution in [3.63, 3.8) is 0 Å². The summed E-state index contributed by atoms with van der Waals surface area (Å²) in [5, 5.41) is 325. The van der Waals surface area contributed by atoms with E-state index in [1.54, 1.807) is 0 Å². The standard InChI is InChI=1S/C74H124N4O57S/c1-16-35(90)44(99)50(105)68(116-16)131-59-33(77-20(5)88)66(124-28(13-85)57(59)129-70-52(107)46(101)37(92)22(7-79)119-70)134-62-48(103)39(94)24(9-81)121-73(62)114-14-29-41(96)61(54(109)72(125-29)128-56-27(12-84)123-65(32(43(56)98)76-19(4)87)127-55-26(11-83)118-64(110)31(42(55)97)75-18(3)86)133-74-63(49(104)40(95)25(10-82)122-74)135-67-34(78-21(6)89)60(132-69-51(106)45(100)36(91)17(2)117-69)58(30(126-67)15-115-136(111,112)113)130-71-53(108)47(102)38(93)23(8-80)120-71/h16-17,22-74,79-85,90-110H,7-15H2,1-6H3,(H,75,86)(H,76,87)(H,77,88)(H,78,89)(H,111,112,113)/t16-,17-,22+,23+,24+,25+,26+,27+,28+,29+,30+,31+,32+,33+,34+,35+,36+,37-,38-,39+,40+,41+,42+,43+,44+,45+,46-,47-,48-,49-,50-,51-,52+,53+,54-,55+,56+,57+,58+,59+,60+,61-,62-,63-,64+,65-,66-,67-,68-,69-,70-,71-,72-,73-,74+/m0/s1. The fourth-order valence-electron chi connectivity index (χ4n) is 17.4. The van der Waals surface area contributed by atoms with Crippen LogP contribution in [0.5, 0.6) is 0 Å². The van der Waals surface area contributed by atoms with E-state index in [-0.39, 0.29) is 0 Å². The van der Waals surface area contributed by atoms with Gasteiger partial charge in [-0.25, -0.2) is 4.18 Å². The highest BCUT2D eigenvalue weighted by Gasteiger charge is 2.64. The predicted molar refractivity (Wildman–Crippen MR) is 416 cm³/mol. The molecule has 11 saturated heterocycles. The lowest BCUT2D eigenvalue weighted by Crippen LogP contribution is -2.71. The summed E-state index contributed by atoms with van der Waals surface area (Å²) >= 11 is 0. The van der Waals surface area contributed by atoms with Crippen LogP contribution in [0.1, 0.15) is 41.5 Å². The molecule has 11 heterocycles. The summed E-state index contributed by atoms with van der Waals surface area (Å²) in [5.41, 5.74) is 0. The number of nitrogens with one attached hydrogen (secondary N) is 4. The van der Waals surface area contributed by atoms with Gasteiger partial charge in [0, 0.05) is 27.7 Å². The lowest BCUT2D eigenvalue weighted by molar-refractivity contribution is -0.404. The van der Waals surface area contributed by atoms with Crippen LogP contribution in [0.3, 0.4) is 0 Å². The molecule has 11 aliphatic heterocycles. The van der Waals surface area contributed by atoms with E-state index < -0.39 is 431 Å². The molecular weight excluding hydrogens is 1890 g/mol. The second kappa shape index (κ2) is 48.2. The Bertz CT molecular complexity index is 3890. The smallest absolute Gasteiger partial charge is 0.394 e. The topological polar surface area (TPSA) is 940 Å². The first kappa shape index (κ1) is 112. The van der Waals surface area contributed by atoms with Gasteiger partial charge in [-0.15, -0.1) is 0 Å². The van der Waals surface area contributed by atoms with Crippen LogP contribution in [0.2, 0.25) is 0 Å². The first-order valence-electron chi connectivity index (χ1n) is 43.0. The Labute approximate surface area is 770 Å². The van der Waals surface area contributed by atoms with Crippen molar-refractivity contribution in [1.82, 2.24) is 21.3 Å². The first-order chi connectivity index (χ1) is 64.0. The molecule has 11 rings (SSSR count). The number of carbonyl (C=O) groups excluding carboxylic acids is 4. The van der Waals surface area contributed by atoms with E-state index in [0.717, 1.165) is 34.6 Å². The molecular formula is C74H124N4O57S. The van der Waals surface area contributed by atoms with Crippen molar-refractivity contribution in [2.24, 2.45) is 0 Å². The van der Waals surface area contributed by atoms with Crippen LogP contribution in [-0.2, 0) is 133 Å². The molecule has 0 aromatic heterocycles. The molecule has 0 aromatic carbocycles. The molecule has 136 heavy (non-hydrogen) atoms. The Kier molecular flexibility index (Phi) is 39.7. The van der Waals surface area contributed by atoms with Gasteiger partial charge < -0.3 is 264 Å². The van der Waals surface area contributed by atoms with E-state index in [1.165, 1.54) is 6.92 Å². The van der Waals surface area contributed by atoms with E-state index in [9.17, 15) is 175 Å². The summed E-state index contributed by atoms with van der Waals surface area (Å²) in [6, 6.07) is -8.10. The lowest BCUT2D eigenvalue weighted by atomic mass is 9.93. The number of aliphatic hydroxyl groups excluding tert-OH is 28. The predicted octanol–water partition coefficient (Wildman–Crippen LogP) is -22.5. The summed E-state index contributed by atoms with van der Waals surface area (Å²) < 4.78 is 167. The third-order valence-electron chi connectivity index (χ3n) is 24.7. The molecule has 55 atom stereocenters. The fourth-order valence-corrected chi connectivity index (χ4v) is 17.7. The minimum absolute atomic E-state index is 0.818. The Morgan fingerprint density at radius 2 is 0.522 bits per heavy atom. The number of carbonyl (C=O) groups is 4. The molecule has 62 heteroatoms. The Balaban J connectivity index is 0.988. The number of ether oxygens (including phenoxy) is 21. The fraction of sp³-hybridized carbons (Fsp3) is 0.946. The highest BCUT2D eigenvalue weighted by atomic mass is 32.3. The van der Waals surface area contributed by atoms with Gasteiger partial charge in [-0.3, -0.25) is 23.7 Å². The second-order valence-electron chi connectivity index (χ2n) is 34.3. The van der Waals surface area contributed by atoms with Crippen molar-refractivity contribution >= 4 is 34.0 Å². The molecule has 0 spiro atoms. The number of rotatable bonds is 35. The second-order valence-corrected chi connectivity index (χ2v) is 35.4. The zero-order valence-electron chi connectivity index (χ0n) is 72.9. The van der Waals surface area contributed by atoms with Crippen molar-refractivity contribution in [3.05, 3.63) is 0 Å². The number of hydrogen-bond donors (Lipinski definition) is 33. The van der Waals surface area contributed by atoms with Gasteiger partial charge in [0.1, 0.15) is 256 Å². The molecule has 0 unspecified atom stereocenters. The molecule has 0 saturated carbocycles. The van der Waals surface area contributed by atoms with Gasteiger partial charge in [0.2, 0.25) is 23.6 Å². The maximum absolute atomic E-state index is 13.7. The van der Waals surface area contributed by atoms with Gasteiger partial charge in [0.25, 0.3) is 0 Å². The van der Waals surface area contributed by atoms with Crippen LogP contribution in [0.15, 0.2) is 0 Å². The summed E-state index contributed by atoms with van der Waals surface area (Å²) in [6.07, 6.45) is -113. The van der Waals surface area contributed by atoms with Crippen molar-refractivity contribution in [2.45, 2.75) is 379 Å². The summed E-state index contributed by atoms with van der Waals surface area (Å²) in [6.45, 7) is -5.29. The molecule has 0 bridgehead atoms. The Morgan fingerprint density at radius 1 is 0.243 bits per heavy atom. The average Bonchev–Trinajstić information content (AvgIpc) is 0.760. The first-order valence-corrected chi connectivity index (χ1v) is 44.4. The van der Waals surface area contributed by atoms with Gasteiger partial charge in [0.15, 0.2) is 69.2 Å². The molecule has 0 radical (unpaired) electrons. The van der Waals surface area contributed by atoms with E-state index in [2.05, 4.69) is 21.3 Å². The van der Waals surface area contributed by atoms with Crippen molar-refractivity contribution in [1.29, 1.82) is 0 Å². The van der Waals surface area contributed by atoms with Crippen LogP contribution >= 0.6 is 0 Å². The van der Waals surface area contributed by atoms with Crippen molar-refractivity contribution in [3.8, 4) is 0 Å². The minimum atomic E-state index is -5.67. The van der Waals surface area contributed by atoms with Gasteiger partial charge in [-0.2, -0.15) is 8.42 Å². The summed E-state index contributed by atoms with van der Waals surface area (Å²) in [5.74, 6) is -4.04. The molecule has 0 aromatic rings. The third kappa shape index (κ3) is 25.1. The van der Waals surface area contributed by atoms with Crippen LogP contribution < -0.4 is 21.3 Å². The van der Waals surface area contributed by atoms with E-state index >= 15 is 0 Å². The molecule has 4 amide bonds. The highest BCUT2D eigenvalue weighted by molar-refractivity contribution is 7.80. The zero-order chi connectivity index (χ0) is 100. The van der Waals surface area contributed by atoms with Crippen molar-refractivity contribution in [2.75, 3.05) is 59.5 Å². The molecule has 11 fully saturated rings. The SMILES string of the molecule is CC(=O)N[C@@H]1[C@@H](O)[C@H](O[C@@H]2O[C@H](CO)[C@@H](O[C@@H]3O[C@H](CO[C@H]4O[C@H](CO)[C@@H](O)[C@H](O)[C@@H]4O[C@@H]4O[C@H](CO)[C@@H](O[C@@H]5O[C@H](CO)[C@H](O)[C@H](O)[C@H]5O)[C@H](O[C@@H]5O[C@@H](C)[C@@H](O)[C@@H](O)[C@@H]5O)[C@H]4NC(C)=O)[C@@H](O)[C@H](O[C@H]4O[C@H](CO)[C@@H](O)[C@H](O)[C@@H]4O[C@@H]4O[C@H](COS(=O)(=O)O)[C@@H](O[C@@H]5O[C@H](CO)[C@H](O)[C@H](O)[C@H]5O)[C@H](O[C@@H]5O[C@@H](C)[C@@H](O)[C@@H](O)[C@@H]5O)[C@H]4NC(C)=O)[C@@H]3O)[C@H](O)[C@H]2NC(C)=O)[C@@H](CO)O[C@H]1O. The zero-order valence-corrected chi connectivity index (χ0v) is 73.7. The van der Waals surface area contributed by atoms with E-state index in [0.29, 0.717) is 0 Å². The van der Waals surface area contributed by atoms with E-state index in [1.807, 2.05) is 0 Å². The van der Waals surface area contributed by atoms with Crippen LogP contribution in [0.25, 0.3) is 0 Å². The van der Waals surface area contributed by atoms with Crippen LogP contribution in [0.4, 0.5) is 0 Å². The minimum Gasteiger partial charge on any atom is -0.394 e. The molecule has 11 aliphatic rings. The quantitative estimate of drug-likeness (QED) is 0.0262. The highest BCUT2D eigenvalue weighted by Crippen LogP contribution is 2.43. The molecule has 33 N–H and O–H groups in total. The monoisotopic (exact) mass is 2010 g/mol. The number of aliphatic hydroxyl groups is 28. The number of amides is 4. The molecule has 788 valence electrons. The van der Waals surface area contributed by atoms with E-state index in [4.69, 9.17) is 104 Å². The Hall–Kier alpha value is -4.21. The maximum Gasteiger partial charge on any atom is 0.397 e. The van der Waals surface area contributed by atoms with Gasteiger partial charge >= 0.3 is 10.4 Å². The molecule has 61 nitrogen and oxygen atoms in total. The van der Waals surface area contributed by atoms with Crippen molar-refractivity contribution < 1.29 is 279 Å². The third-order valence-corrected chi connectivity index (χ3v) is 25.1. The normalized spacial score (nSPS) is 49.4. The van der Waals surface area contributed by atoms with Gasteiger partial charge in [-0.05, 0) is 13.8 Å². The number of hydrogen-bond acceptors (Lipinski definition) is 56. The summed E-state index contributed by atoms with van der Waals surface area (Å²) in [4.78, 5) is 52.8. The Morgan fingerprint density at radius 3 is 0.941 bits per heavy atom. The van der Waals surface area contributed by atoms with Crippen LogP contribution in [0, 0.1) is 0 Å². The summed E-state index contributed by atoms with van der Waals surface area (Å²) in [7, 11) is -5.67. The lowest BCUT2D eigenvalue weighted by Gasteiger charge is -2.52. The van der Waals surface area contributed by atoms with Crippen LogP contribution in [-0.4, -0.2) is 577 Å². The largest absolute Gasteiger partial charge is 0.397 e.